The fourth-order valence-electron chi connectivity index (χ4n) is 3.68. The van der Waals surface area contributed by atoms with Crippen LogP contribution in [0.1, 0.15) is 20.3 Å². The van der Waals surface area contributed by atoms with E-state index in [0.717, 1.165) is 6.42 Å². The maximum atomic E-state index is 13.2. The van der Waals surface area contributed by atoms with E-state index in [4.69, 9.17) is 17.4 Å². The molecule has 0 saturated heterocycles. The van der Waals surface area contributed by atoms with Gasteiger partial charge in [0.1, 0.15) is 0 Å². The molecule has 0 unspecified atom stereocenters. The number of rotatable bonds is 4. The van der Waals surface area contributed by atoms with Gasteiger partial charge in [-0.25, -0.2) is 0 Å². The van der Waals surface area contributed by atoms with Crippen LogP contribution in [0.4, 0.5) is 0 Å². The number of fused-ring (bicyclic) bond motifs is 2. The number of benzene rings is 3. The quantitative estimate of drug-likeness (QED) is 0.321. The molecule has 5 rings (SSSR count). The van der Waals surface area contributed by atoms with Crippen LogP contribution in [0.5, 0.6) is 0 Å². The standard InChI is InChI=1S/C20H21ClN4O2.C6H4/c1-13(2)10-11-24-16-9-8-14(21)12-17(16)25(15-6-4-3-5-7-15)20(27)18(23-22)19(24)26;1-2-5-4-6(5)3-1/h3-9,12-13H,10-11,22H2,1-2H3;1-4H. The van der Waals surface area contributed by atoms with Crippen molar-refractivity contribution in [3.8, 4) is 16.8 Å². The Morgan fingerprint density at radius 3 is 2.12 bits per heavy atom. The van der Waals surface area contributed by atoms with E-state index < -0.39 is 11.1 Å². The average Bonchev–Trinajstić information content (AvgIpc) is 3.42. The summed E-state index contributed by atoms with van der Waals surface area (Å²) in [5, 5.41) is 3.68. The van der Waals surface area contributed by atoms with Crippen molar-refractivity contribution >= 4 is 22.6 Å². The first-order valence-electron chi connectivity index (χ1n) is 10.8. The fourth-order valence-corrected chi connectivity index (χ4v) is 3.84. The second-order valence-electron chi connectivity index (χ2n) is 8.31. The summed E-state index contributed by atoms with van der Waals surface area (Å²) in [5.74, 6) is 5.83. The predicted octanol–water partition coefficient (Wildman–Crippen LogP) is 4.29. The number of nitrogens with two attached hydrogens (primary N) is 1. The van der Waals surface area contributed by atoms with Crippen LogP contribution >= 0.6 is 11.6 Å². The van der Waals surface area contributed by atoms with E-state index in [0.29, 0.717) is 34.2 Å². The predicted molar refractivity (Wildman–Crippen MR) is 133 cm³/mol. The van der Waals surface area contributed by atoms with Crippen LogP contribution in [-0.4, -0.2) is 9.13 Å². The molecule has 2 aliphatic rings. The molecule has 7 heteroatoms. The normalized spacial score (nSPS) is 11.9. The molecule has 0 amide bonds. The van der Waals surface area contributed by atoms with E-state index in [-0.39, 0.29) is 5.36 Å². The Labute approximate surface area is 196 Å². The molecule has 2 aliphatic carbocycles. The zero-order valence-electron chi connectivity index (χ0n) is 18.5. The molecule has 2 aromatic carbocycles. The summed E-state index contributed by atoms with van der Waals surface area (Å²) in [5.41, 5.74) is 3.49. The van der Waals surface area contributed by atoms with Crippen LogP contribution in [0, 0.1) is 5.92 Å². The lowest BCUT2D eigenvalue weighted by Gasteiger charge is -2.11. The van der Waals surface area contributed by atoms with Crippen LogP contribution in [0.3, 0.4) is 0 Å². The minimum Gasteiger partial charge on any atom is -0.322 e. The highest BCUT2D eigenvalue weighted by molar-refractivity contribution is 6.31. The molecule has 2 N–H and O–H groups in total. The van der Waals surface area contributed by atoms with Crippen molar-refractivity contribution < 1.29 is 0 Å². The van der Waals surface area contributed by atoms with Gasteiger partial charge in [0.2, 0.25) is 5.36 Å². The second kappa shape index (κ2) is 9.46. The van der Waals surface area contributed by atoms with Crippen molar-refractivity contribution in [2.75, 3.05) is 0 Å². The van der Waals surface area contributed by atoms with E-state index in [1.807, 2.05) is 18.2 Å². The molecule has 33 heavy (non-hydrogen) atoms. The summed E-state index contributed by atoms with van der Waals surface area (Å²) in [6.45, 7) is 4.59. The van der Waals surface area contributed by atoms with Gasteiger partial charge in [-0.1, -0.05) is 61.8 Å². The summed E-state index contributed by atoms with van der Waals surface area (Å²) in [6.07, 6.45) is 0.769. The lowest BCUT2D eigenvalue weighted by Crippen LogP contribution is -2.45. The van der Waals surface area contributed by atoms with Crippen molar-refractivity contribution in [3.05, 3.63) is 104 Å². The minimum absolute atomic E-state index is 0.310. The molecule has 0 aliphatic heterocycles. The van der Waals surface area contributed by atoms with Crippen LogP contribution in [0.25, 0.3) is 27.8 Å². The summed E-state index contributed by atoms with van der Waals surface area (Å²) < 4.78 is 2.98. The monoisotopic (exact) mass is 460 g/mol. The summed E-state index contributed by atoms with van der Waals surface area (Å²) >= 11 is 6.22. The van der Waals surface area contributed by atoms with Gasteiger partial charge in [-0.2, -0.15) is 5.10 Å². The number of aromatic nitrogens is 2. The molecule has 1 aromatic heterocycles. The molecule has 0 saturated carbocycles. The Bertz CT molecular complexity index is 1490. The highest BCUT2D eigenvalue weighted by Gasteiger charge is 2.14. The Morgan fingerprint density at radius 1 is 0.879 bits per heavy atom. The van der Waals surface area contributed by atoms with Gasteiger partial charge in [0, 0.05) is 17.3 Å². The first-order valence-corrected chi connectivity index (χ1v) is 11.2. The largest absolute Gasteiger partial charge is 0.322 e. The number of hydrogen-bond donors (Lipinski definition) is 1. The summed E-state index contributed by atoms with van der Waals surface area (Å²) in [7, 11) is 0. The zero-order valence-corrected chi connectivity index (χ0v) is 19.3. The Hall–Kier alpha value is -3.64. The van der Waals surface area contributed by atoms with Crippen LogP contribution in [-0.2, 0) is 6.54 Å². The average molecular weight is 461 g/mol. The SMILES string of the molecule is CC(C)CCn1c(=O)c(=NN)c(=O)n(-c2ccccc2)c2cc(Cl)ccc21.c1cc2cc-2c1. The molecule has 1 heterocycles. The van der Waals surface area contributed by atoms with Gasteiger partial charge in [0.15, 0.2) is 0 Å². The van der Waals surface area contributed by atoms with Gasteiger partial charge < -0.3 is 10.4 Å². The van der Waals surface area contributed by atoms with Crippen molar-refractivity contribution in [1.29, 1.82) is 0 Å². The number of para-hydroxylation sites is 1. The molecule has 0 bridgehead atoms. The molecule has 3 aromatic rings. The third kappa shape index (κ3) is 4.76. The third-order valence-corrected chi connectivity index (χ3v) is 5.74. The number of hydrogen-bond acceptors (Lipinski definition) is 4. The van der Waals surface area contributed by atoms with E-state index >= 15 is 0 Å². The first-order chi connectivity index (χ1) is 15.9. The van der Waals surface area contributed by atoms with Crippen molar-refractivity contribution in [2.45, 2.75) is 26.8 Å². The van der Waals surface area contributed by atoms with Gasteiger partial charge in [0.25, 0.3) is 11.1 Å². The van der Waals surface area contributed by atoms with Gasteiger partial charge in [0.05, 0.1) is 11.0 Å². The smallest absolute Gasteiger partial charge is 0.289 e. The topological polar surface area (TPSA) is 82.4 Å². The Morgan fingerprint density at radius 2 is 1.58 bits per heavy atom. The molecular formula is C26H25ClN4O2. The Balaban J connectivity index is 0.000000367. The van der Waals surface area contributed by atoms with E-state index in [9.17, 15) is 9.59 Å². The molecule has 0 radical (unpaired) electrons. The fraction of sp³-hybridized carbons (Fsp3) is 0.192. The van der Waals surface area contributed by atoms with Crippen molar-refractivity contribution in [2.24, 2.45) is 16.9 Å². The molecular weight excluding hydrogens is 436 g/mol. The van der Waals surface area contributed by atoms with Gasteiger partial charge in [-0.3, -0.25) is 14.2 Å². The van der Waals surface area contributed by atoms with Crippen molar-refractivity contribution in [1.82, 2.24) is 9.13 Å². The highest BCUT2D eigenvalue weighted by Crippen LogP contribution is 2.32. The number of halogens is 1. The number of aryl methyl sites for hydroxylation is 1. The van der Waals surface area contributed by atoms with Gasteiger partial charge in [-0.05, 0) is 59.9 Å². The summed E-state index contributed by atoms with van der Waals surface area (Å²) in [6, 6.07) is 22.7. The van der Waals surface area contributed by atoms with Crippen molar-refractivity contribution in [3.63, 3.8) is 0 Å². The van der Waals surface area contributed by atoms with Crippen LogP contribution in [0.15, 0.2) is 87.5 Å². The minimum atomic E-state index is -0.579. The first kappa shape index (κ1) is 22.6. The van der Waals surface area contributed by atoms with E-state index in [1.165, 1.54) is 15.7 Å². The Kier molecular flexibility index (Phi) is 6.47. The van der Waals surface area contributed by atoms with E-state index in [1.54, 1.807) is 34.9 Å². The molecule has 168 valence electrons. The van der Waals surface area contributed by atoms with Gasteiger partial charge >= 0.3 is 0 Å². The summed E-state index contributed by atoms with van der Waals surface area (Å²) in [4.78, 5) is 26.2. The lowest BCUT2D eigenvalue weighted by atomic mass is 10.1. The lowest BCUT2D eigenvalue weighted by molar-refractivity contribution is 0.516. The molecule has 0 fully saturated rings. The zero-order chi connectivity index (χ0) is 23.5. The second-order valence-corrected chi connectivity index (χ2v) is 8.74. The molecule has 6 nitrogen and oxygen atoms in total. The third-order valence-electron chi connectivity index (χ3n) is 5.51. The molecule has 0 spiro atoms. The highest BCUT2D eigenvalue weighted by atomic mass is 35.5. The number of nitrogens with zero attached hydrogens (tertiary/aromatic N) is 3. The van der Waals surface area contributed by atoms with Crippen LogP contribution in [0.2, 0.25) is 5.02 Å². The van der Waals surface area contributed by atoms with Gasteiger partial charge in [-0.15, -0.1) is 0 Å². The maximum absolute atomic E-state index is 13.2. The maximum Gasteiger partial charge on any atom is 0.289 e. The van der Waals surface area contributed by atoms with E-state index in [2.05, 4.69) is 43.2 Å². The van der Waals surface area contributed by atoms with Crippen LogP contribution < -0.4 is 22.3 Å². The molecule has 0 atom stereocenters.